The van der Waals surface area contributed by atoms with E-state index in [1.165, 1.54) is 0 Å². The largest absolute Gasteiger partial charge is 0.286 e. The minimum absolute atomic E-state index is 0.615. The van der Waals surface area contributed by atoms with E-state index in [0.29, 0.717) is 5.95 Å². The number of pyridine rings is 1. The summed E-state index contributed by atoms with van der Waals surface area (Å²) in [6.45, 7) is 2.02. The van der Waals surface area contributed by atoms with Gasteiger partial charge in [0.05, 0.1) is 0 Å². The number of hydrogen-bond donors (Lipinski definition) is 1. The number of fused-ring (bicyclic) bond motifs is 1. The average Bonchev–Trinajstić information content (AvgIpc) is 2.47. The SMILES string of the molecule is Cc1cccn2nc(NN(C)C)nc12. The third kappa shape index (κ3) is 1.54. The molecule has 0 fully saturated rings. The minimum atomic E-state index is 0.615. The zero-order chi connectivity index (χ0) is 10.1. The van der Waals surface area contributed by atoms with E-state index >= 15 is 0 Å². The molecule has 0 radical (unpaired) electrons. The summed E-state index contributed by atoms with van der Waals surface area (Å²) in [6.07, 6.45) is 1.89. The van der Waals surface area contributed by atoms with Gasteiger partial charge in [-0.05, 0) is 18.6 Å². The molecule has 0 aliphatic rings. The summed E-state index contributed by atoms with van der Waals surface area (Å²) in [6, 6.07) is 3.97. The number of hydrazine groups is 1. The first kappa shape index (κ1) is 8.96. The van der Waals surface area contributed by atoms with E-state index in [1.54, 1.807) is 4.52 Å². The van der Waals surface area contributed by atoms with Crippen molar-refractivity contribution in [3.05, 3.63) is 23.9 Å². The lowest BCUT2D eigenvalue weighted by Gasteiger charge is -2.07. The molecular weight excluding hydrogens is 178 g/mol. The van der Waals surface area contributed by atoms with Crippen molar-refractivity contribution in [3.63, 3.8) is 0 Å². The molecule has 2 aromatic rings. The molecule has 14 heavy (non-hydrogen) atoms. The Morgan fingerprint density at radius 3 is 2.86 bits per heavy atom. The number of aryl methyl sites for hydroxylation is 1. The van der Waals surface area contributed by atoms with Crippen molar-refractivity contribution in [3.8, 4) is 0 Å². The van der Waals surface area contributed by atoms with E-state index in [0.717, 1.165) is 11.2 Å². The third-order valence-corrected chi connectivity index (χ3v) is 1.88. The zero-order valence-corrected chi connectivity index (χ0v) is 8.52. The minimum Gasteiger partial charge on any atom is -0.286 e. The third-order valence-electron chi connectivity index (χ3n) is 1.88. The predicted octanol–water partition coefficient (Wildman–Crippen LogP) is 0.926. The van der Waals surface area contributed by atoms with E-state index in [1.807, 2.05) is 44.4 Å². The van der Waals surface area contributed by atoms with Gasteiger partial charge in [-0.3, -0.25) is 5.43 Å². The van der Waals surface area contributed by atoms with Crippen molar-refractivity contribution in [2.75, 3.05) is 19.5 Å². The summed E-state index contributed by atoms with van der Waals surface area (Å²) in [5.74, 6) is 0.615. The van der Waals surface area contributed by atoms with Gasteiger partial charge in [-0.2, -0.15) is 4.98 Å². The first-order valence-corrected chi connectivity index (χ1v) is 4.43. The molecule has 0 saturated carbocycles. The summed E-state index contributed by atoms with van der Waals surface area (Å²) < 4.78 is 1.77. The van der Waals surface area contributed by atoms with Gasteiger partial charge in [-0.1, -0.05) is 6.07 Å². The molecule has 0 atom stereocenters. The van der Waals surface area contributed by atoms with Crippen LogP contribution in [0.15, 0.2) is 18.3 Å². The molecule has 5 nitrogen and oxygen atoms in total. The molecule has 0 spiro atoms. The van der Waals surface area contributed by atoms with Crippen LogP contribution in [0.4, 0.5) is 5.95 Å². The molecule has 74 valence electrons. The monoisotopic (exact) mass is 191 g/mol. The number of rotatable bonds is 2. The second kappa shape index (κ2) is 3.26. The summed E-state index contributed by atoms with van der Waals surface area (Å²) in [5, 5.41) is 6.08. The van der Waals surface area contributed by atoms with Gasteiger partial charge in [0.1, 0.15) is 0 Å². The molecule has 0 aromatic carbocycles. The van der Waals surface area contributed by atoms with Crippen LogP contribution in [-0.2, 0) is 0 Å². The number of hydrogen-bond acceptors (Lipinski definition) is 4. The fourth-order valence-electron chi connectivity index (χ4n) is 1.29. The van der Waals surface area contributed by atoms with E-state index in [2.05, 4.69) is 15.5 Å². The molecule has 0 saturated heterocycles. The van der Waals surface area contributed by atoms with E-state index in [9.17, 15) is 0 Å². The first-order valence-electron chi connectivity index (χ1n) is 4.43. The molecular formula is C9H13N5. The molecule has 2 aromatic heterocycles. The Kier molecular flexibility index (Phi) is 2.09. The lowest BCUT2D eigenvalue weighted by atomic mass is 10.3. The van der Waals surface area contributed by atoms with Crippen LogP contribution in [0.3, 0.4) is 0 Å². The highest BCUT2D eigenvalue weighted by Crippen LogP contribution is 2.09. The van der Waals surface area contributed by atoms with E-state index in [4.69, 9.17) is 0 Å². The van der Waals surface area contributed by atoms with Crippen LogP contribution in [0.1, 0.15) is 5.56 Å². The van der Waals surface area contributed by atoms with Crippen molar-refractivity contribution in [1.82, 2.24) is 19.6 Å². The maximum absolute atomic E-state index is 4.35. The van der Waals surface area contributed by atoms with E-state index < -0.39 is 0 Å². The molecule has 0 aliphatic carbocycles. The van der Waals surface area contributed by atoms with Crippen molar-refractivity contribution in [2.45, 2.75) is 6.92 Å². The molecule has 2 rings (SSSR count). The Hall–Kier alpha value is -1.62. The van der Waals surface area contributed by atoms with Gasteiger partial charge in [-0.15, -0.1) is 5.10 Å². The predicted molar refractivity (Wildman–Crippen MR) is 55.0 cm³/mol. The van der Waals surface area contributed by atoms with Gasteiger partial charge < -0.3 is 0 Å². The average molecular weight is 191 g/mol. The van der Waals surface area contributed by atoms with Crippen molar-refractivity contribution in [2.24, 2.45) is 0 Å². The lowest BCUT2D eigenvalue weighted by Crippen LogP contribution is -2.20. The van der Waals surface area contributed by atoms with Crippen molar-refractivity contribution >= 4 is 11.6 Å². The molecule has 0 amide bonds. The zero-order valence-electron chi connectivity index (χ0n) is 8.52. The Bertz CT molecular complexity index is 445. The number of nitrogens with one attached hydrogen (secondary N) is 1. The van der Waals surface area contributed by atoms with Gasteiger partial charge >= 0.3 is 0 Å². The summed E-state index contributed by atoms with van der Waals surface area (Å²) in [5.41, 5.74) is 5.02. The highest BCUT2D eigenvalue weighted by molar-refractivity contribution is 5.49. The lowest BCUT2D eigenvalue weighted by molar-refractivity contribution is 0.489. The molecule has 5 heteroatoms. The first-order chi connectivity index (χ1) is 6.66. The topological polar surface area (TPSA) is 45.5 Å². The second-order valence-electron chi connectivity index (χ2n) is 3.40. The molecule has 1 N–H and O–H groups in total. The highest BCUT2D eigenvalue weighted by atomic mass is 15.5. The number of aromatic nitrogens is 3. The fraction of sp³-hybridized carbons (Fsp3) is 0.333. The molecule has 0 bridgehead atoms. The van der Waals surface area contributed by atoms with Crippen LogP contribution >= 0.6 is 0 Å². The maximum atomic E-state index is 4.35. The van der Waals surface area contributed by atoms with Crippen LogP contribution in [0.5, 0.6) is 0 Å². The Labute approximate surface area is 82.3 Å². The molecule has 0 aliphatic heterocycles. The Morgan fingerprint density at radius 2 is 2.21 bits per heavy atom. The smallest absolute Gasteiger partial charge is 0.257 e. The van der Waals surface area contributed by atoms with Crippen LogP contribution < -0.4 is 5.43 Å². The number of anilines is 1. The quantitative estimate of drug-likeness (QED) is 0.717. The fourth-order valence-corrected chi connectivity index (χ4v) is 1.29. The van der Waals surface area contributed by atoms with Crippen LogP contribution in [0.2, 0.25) is 0 Å². The number of nitrogens with zero attached hydrogens (tertiary/aromatic N) is 4. The Balaban J connectivity index is 2.46. The van der Waals surface area contributed by atoms with Gasteiger partial charge in [0.25, 0.3) is 5.95 Å². The van der Waals surface area contributed by atoms with Gasteiger partial charge in [0.15, 0.2) is 5.65 Å². The van der Waals surface area contributed by atoms with Gasteiger partial charge in [0.2, 0.25) is 0 Å². The Morgan fingerprint density at radius 1 is 1.43 bits per heavy atom. The van der Waals surface area contributed by atoms with Crippen molar-refractivity contribution < 1.29 is 0 Å². The maximum Gasteiger partial charge on any atom is 0.257 e. The van der Waals surface area contributed by atoms with Gasteiger partial charge in [-0.25, -0.2) is 9.52 Å². The second-order valence-corrected chi connectivity index (χ2v) is 3.40. The van der Waals surface area contributed by atoms with Crippen LogP contribution in [0, 0.1) is 6.92 Å². The summed E-state index contributed by atoms with van der Waals surface area (Å²) >= 11 is 0. The molecule has 0 unspecified atom stereocenters. The van der Waals surface area contributed by atoms with Crippen molar-refractivity contribution in [1.29, 1.82) is 0 Å². The normalized spacial score (nSPS) is 11.1. The van der Waals surface area contributed by atoms with Crippen LogP contribution in [-0.4, -0.2) is 33.7 Å². The summed E-state index contributed by atoms with van der Waals surface area (Å²) in [4.78, 5) is 4.35. The van der Waals surface area contributed by atoms with E-state index in [-0.39, 0.29) is 0 Å². The highest BCUT2D eigenvalue weighted by Gasteiger charge is 2.04. The van der Waals surface area contributed by atoms with Gasteiger partial charge in [0, 0.05) is 20.3 Å². The summed E-state index contributed by atoms with van der Waals surface area (Å²) in [7, 11) is 3.80. The molecule has 2 heterocycles. The van der Waals surface area contributed by atoms with Crippen LogP contribution in [0.25, 0.3) is 5.65 Å². The standard InChI is InChI=1S/C9H13N5/c1-7-5-4-6-14-8(7)10-9(12-14)11-13(2)3/h4-6H,1-3H3,(H,11,12).